The van der Waals surface area contributed by atoms with Crippen molar-refractivity contribution in [3.05, 3.63) is 29.0 Å². The molecule has 15 heavy (non-hydrogen) atoms. The number of aromatic nitrogens is 1. The van der Waals surface area contributed by atoms with Gasteiger partial charge in [-0.1, -0.05) is 38.4 Å². The Balaban J connectivity index is 3.15. The first-order valence-corrected chi connectivity index (χ1v) is 5.19. The van der Waals surface area contributed by atoms with Crippen LogP contribution in [0.15, 0.2) is 23.5 Å². The van der Waals surface area contributed by atoms with Crippen LogP contribution >= 0.6 is 11.6 Å². The Labute approximate surface area is 94.8 Å². The molecule has 1 rings (SSSR count). The highest BCUT2D eigenvalue weighted by molar-refractivity contribution is 6.29. The Hall–Kier alpha value is -1.09. The maximum Gasteiger partial charge on any atom is 0.129 e. The van der Waals surface area contributed by atoms with Crippen LogP contribution in [0.4, 0.5) is 0 Å². The number of hydrogen-bond acceptors (Lipinski definition) is 3. The second-order valence-electron chi connectivity index (χ2n) is 4.05. The molecule has 0 fully saturated rings. The first kappa shape index (κ1) is 12.0. The second kappa shape index (κ2) is 4.62. The number of nitrogens with zero attached hydrogens (tertiary/aromatic N) is 2. The minimum absolute atomic E-state index is 0.302. The maximum atomic E-state index is 8.69. The SMILES string of the molecule is CC(C)C(C)(/C=N/O)c1ccc(Cl)nc1. The summed E-state index contributed by atoms with van der Waals surface area (Å²) < 4.78 is 0. The summed E-state index contributed by atoms with van der Waals surface area (Å²) in [6, 6.07) is 3.64. The van der Waals surface area contributed by atoms with E-state index in [9.17, 15) is 0 Å². The minimum Gasteiger partial charge on any atom is -0.411 e. The van der Waals surface area contributed by atoms with E-state index < -0.39 is 0 Å². The molecule has 0 aliphatic rings. The molecule has 0 spiro atoms. The lowest BCUT2D eigenvalue weighted by Gasteiger charge is -2.29. The van der Waals surface area contributed by atoms with Gasteiger partial charge in [-0.25, -0.2) is 4.98 Å². The molecule has 0 aliphatic carbocycles. The zero-order valence-corrected chi connectivity index (χ0v) is 9.86. The van der Waals surface area contributed by atoms with Crippen LogP contribution in [0.25, 0.3) is 0 Å². The fourth-order valence-electron chi connectivity index (χ4n) is 1.37. The van der Waals surface area contributed by atoms with Crippen LogP contribution in [-0.4, -0.2) is 16.4 Å². The first-order valence-electron chi connectivity index (χ1n) is 4.81. The molecule has 0 saturated heterocycles. The Bertz CT molecular complexity index is 348. The van der Waals surface area contributed by atoms with Crippen LogP contribution in [0.5, 0.6) is 0 Å². The van der Waals surface area contributed by atoms with Crippen molar-refractivity contribution >= 4 is 17.8 Å². The smallest absolute Gasteiger partial charge is 0.129 e. The Kier molecular flexibility index (Phi) is 3.69. The maximum absolute atomic E-state index is 8.69. The summed E-state index contributed by atoms with van der Waals surface area (Å²) in [4.78, 5) is 4.03. The van der Waals surface area contributed by atoms with Crippen LogP contribution in [0.1, 0.15) is 26.3 Å². The van der Waals surface area contributed by atoms with Gasteiger partial charge in [-0.05, 0) is 17.5 Å². The van der Waals surface area contributed by atoms with Crippen molar-refractivity contribution in [3.63, 3.8) is 0 Å². The van der Waals surface area contributed by atoms with E-state index in [2.05, 4.69) is 24.0 Å². The summed E-state index contributed by atoms with van der Waals surface area (Å²) in [5, 5.41) is 12.3. The summed E-state index contributed by atoms with van der Waals surface area (Å²) >= 11 is 5.72. The molecule has 1 atom stereocenters. The van der Waals surface area contributed by atoms with Crippen molar-refractivity contribution in [2.24, 2.45) is 11.1 Å². The summed E-state index contributed by atoms with van der Waals surface area (Å²) in [7, 11) is 0. The first-order chi connectivity index (χ1) is 7.00. The third kappa shape index (κ3) is 2.48. The number of halogens is 1. The molecule has 1 N–H and O–H groups in total. The molecule has 1 aromatic heterocycles. The molecule has 0 aromatic carbocycles. The molecule has 0 radical (unpaired) electrons. The van der Waals surface area contributed by atoms with Gasteiger partial charge in [0.05, 0.1) is 6.21 Å². The van der Waals surface area contributed by atoms with E-state index >= 15 is 0 Å². The largest absolute Gasteiger partial charge is 0.411 e. The summed E-state index contributed by atoms with van der Waals surface area (Å²) in [5.74, 6) is 0.302. The van der Waals surface area contributed by atoms with Crippen LogP contribution in [0.2, 0.25) is 5.15 Å². The van der Waals surface area contributed by atoms with E-state index in [1.165, 1.54) is 6.21 Å². The van der Waals surface area contributed by atoms with E-state index in [4.69, 9.17) is 16.8 Å². The van der Waals surface area contributed by atoms with E-state index in [-0.39, 0.29) is 5.41 Å². The predicted octanol–water partition coefficient (Wildman–Crippen LogP) is 3.11. The Morgan fingerprint density at radius 1 is 1.53 bits per heavy atom. The highest BCUT2D eigenvalue weighted by Gasteiger charge is 2.29. The van der Waals surface area contributed by atoms with Crippen LogP contribution < -0.4 is 0 Å². The normalized spacial score (nSPS) is 15.8. The summed E-state index contributed by atoms with van der Waals surface area (Å²) in [6.07, 6.45) is 3.24. The molecule has 0 bridgehead atoms. The molecule has 0 amide bonds. The Morgan fingerprint density at radius 3 is 2.60 bits per heavy atom. The lowest BCUT2D eigenvalue weighted by atomic mass is 9.75. The minimum atomic E-state index is -0.327. The van der Waals surface area contributed by atoms with E-state index in [1.807, 2.05) is 13.0 Å². The van der Waals surface area contributed by atoms with E-state index in [0.717, 1.165) is 5.56 Å². The van der Waals surface area contributed by atoms with Crippen molar-refractivity contribution in [3.8, 4) is 0 Å². The monoisotopic (exact) mass is 226 g/mol. The van der Waals surface area contributed by atoms with Gasteiger partial charge in [-0.3, -0.25) is 0 Å². The van der Waals surface area contributed by atoms with Crippen molar-refractivity contribution in [1.29, 1.82) is 0 Å². The molecule has 1 heterocycles. The van der Waals surface area contributed by atoms with Gasteiger partial charge in [-0.2, -0.15) is 0 Å². The van der Waals surface area contributed by atoms with Gasteiger partial charge in [-0.15, -0.1) is 5.16 Å². The molecule has 1 aromatic rings. The summed E-state index contributed by atoms with van der Waals surface area (Å²) in [6.45, 7) is 6.13. The van der Waals surface area contributed by atoms with Crippen molar-refractivity contribution in [2.45, 2.75) is 26.2 Å². The molecule has 0 aliphatic heterocycles. The number of rotatable bonds is 3. The lowest BCUT2D eigenvalue weighted by molar-refractivity contribution is 0.312. The molecule has 0 saturated carbocycles. The lowest BCUT2D eigenvalue weighted by Crippen LogP contribution is -2.30. The second-order valence-corrected chi connectivity index (χ2v) is 4.44. The third-order valence-electron chi connectivity index (χ3n) is 2.87. The van der Waals surface area contributed by atoms with Gasteiger partial charge >= 0.3 is 0 Å². The fourth-order valence-corrected chi connectivity index (χ4v) is 1.48. The van der Waals surface area contributed by atoms with Gasteiger partial charge in [0.1, 0.15) is 5.15 Å². The van der Waals surface area contributed by atoms with E-state index in [1.54, 1.807) is 12.3 Å². The van der Waals surface area contributed by atoms with Gasteiger partial charge in [0.25, 0.3) is 0 Å². The summed E-state index contributed by atoms with van der Waals surface area (Å²) in [5.41, 5.74) is 0.659. The average molecular weight is 227 g/mol. The fraction of sp³-hybridized carbons (Fsp3) is 0.455. The van der Waals surface area contributed by atoms with Crippen molar-refractivity contribution in [2.75, 3.05) is 0 Å². The standard InChI is InChI=1S/C11H15ClN2O/c1-8(2)11(3,7-14-15)9-4-5-10(12)13-6-9/h4-8,15H,1-3H3/b14-7+. The molecule has 4 heteroatoms. The third-order valence-corrected chi connectivity index (χ3v) is 3.10. The molecular weight excluding hydrogens is 212 g/mol. The molecule has 82 valence electrons. The van der Waals surface area contributed by atoms with E-state index in [0.29, 0.717) is 11.1 Å². The van der Waals surface area contributed by atoms with Crippen LogP contribution in [0, 0.1) is 5.92 Å². The van der Waals surface area contributed by atoms with Gasteiger partial charge in [0, 0.05) is 11.6 Å². The zero-order valence-electron chi connectivity index (χ0n) is 9.11. The van der Waals surface area contributed by atoms with Gasteiger partial charge < -0.3 is 5.21 Å². The van der Waals surface area contributed by atoms with Gasteiger partial charge in [0.15, 0.2) is 0 Å². The Morgan fingerprint density at radius 2 is 2.20 bits per heavy atom. The average Bonchev–Trinajstić information content (AvgIpc) is 2.18. The van der Waals surface area contributed by atoms with Crippen LogP contribution in [0.3, 0.4) is 0 Å². The molecular formula is C11H15ClN2O. The van der Waals surface area contributed by atoms with Crippen LogP contribution in [-0.2, 0) is 5.41 Å². The number of hydrogen-bond donors (Lipinski definition) is 1. The number of pyridine rings is 1. The predicted molar refractivity (Wildman–Crippen MR) is 61.7 cm³/mol. The molecule has 3 nitrogen and oxygen atoms in total. The zero-order chi connectivity index (χ0) is 11.5. The topological polar surface area (TPSA) is 45.5 Å². The van der Waals surface area contributed by atoms with Gasteiger partial charge in [0.2, 0.25) is 0 Å². The highest BCUT2D eigenvalue weighted by Crippen LogP contribution is 2.30. The van der Waals surface area contributed by atoms with Crippen molar-refractivity contribution in [1.82, 2.24) is 4.98 Å². The van der Waals surface area contributed by atoms with Crippen molar-refractivity contribution < 1.29 is 5.21 Å². The quantitative estimate of drug-likeness (QED) is 0.373. The highest BCUT2D eigenvalue weighted by atomic mass is 35.5. The molecule has 1 unspecified atom stereocenters. The number of oxime groups is 1.